The highest BCUT2D eigenvalue weighted by atomic mass is 16.3. The Morgan fingerprint density at radius 2 is 1.74 bits per heavy atom. The summed E-state index contributed by atoms with van der Waals surface area (Å²) in [5.41, 5.74) is 9.09. The van der Waals surface area contributed by atoms with Crippen LogP contribution in [0.2, 0.25) is 0 Å². The molecule has 4 heterocycles. The quantitative estimate of drug-likeness (QED) is 0.207. The lowest BCUT2D eigenvalue weighted by molar-refractivity contribution is 0.0997. The number of para-hydroxylation sites is 1. The minimum atomic E-state index is -0.547. The molecule has 1 aliphatic heterocycles. The number of rotatable bonds is 8. The van der Waals surface area contributed by atoms with Crippen LogP contribution in [0.4, 0.5) is 5.69 Å². The third kappa shape index (κ3) is 6.22. The van der Waals surface area contributed by atoms with E-state index in [4.69, 9.17) is 4.42 Å². The Hall–Kier alpha value is -6.20. The molecule has 0 aliphatic carbocycles. The van der Waals surface area contributed by atoms with E-state index in [-0.39, 0.29) is 11.2 Å². The van der Waals surface area contributed by atoms with Gasteiger partial charge in [-0.05, 0) is 108 Å². The molecule has 1 N–H and O–H groups in total. The summed E-state index contributed by atoms with van der Waals surface area (Å²) in [6.45, 7) is 6.89. The van der Waals surface area contributed by atoms with Gasteiger partial charge in [-0.2, -0.15) is 0 Å². The number of carbonyl (C=O) groups excluding carboxylic acids is 1. The Morgan fingerprint density at radius 3 is 2.58 bits per heavy atom. The first-order valence-corrected chi connectivity index (χ1v) is 16.6. The van der Waals surface area contributed by atoms with E-state index in [0.29, 0.717) is 28.0 Å². The second-order valence-electron chi connectivity index (χ2n) is 12.7. The fraction of sp³-hybridized carbons (Fsp3) is 0.179. The normalized spacial score (nSPS) is 13.0. The maximum Gasteiger partial charge on any atom is 0.291 e. The van der Waals surface area contributed by atoms with Crippen LogP contribution < -0.4 is 10.7 Å². The van der Waals surface area contributed by atoms with Crippen molar-refractivity contribution in [2.45, 2.75) is 33.2 Å². The van der Waals surface area contributed by atoms with Crippen molar-refractivity contribution >= 4 is 22.6 Å². The van der Waals surface area contributed by atoms with Crippen LogP contribution in [0.1, 0.15) is 38.4 Å². The van der Waals surface area contributed by atoms with Crippen LogP contribution in [0, 0.1) is 13.8 Å². The molecule has 0 bridgehead atoms. The van der Waals surface area contributed by atoms with Crippen LogP contribution >= 0.6 is 0 Å². The van der Waals surface area contributed by atoms with E-state index in [2.05, 4.69) is 60.9 Å². The van der Waals surface area contributed by atoms with Gasteiger partial charge >= 0.3 is 0 Å². The van der Waals surface area contributed by atoms with Crippen LogP contribution in [-0.4, -0.2) is 53.7 Å². The summed E-state index contributed by atoms with van der Waals surface area (Å²) in [5, 5.41) is 16.6. The monoisotopic (exact) mass is 662 g/mol. The fourth-order valence-corrected chi connectivity index (χ4v) is 6.38. The van der Waals surface area contributed by atoms with Crippen LogP contribution in [0.3, 0.4) is 0 Å². The summed E-state index contributed by atoms with van der Waals surface area (Å²) in [5.74, 6) is -0.274. The Bertz CT molecular complexity index is 2410. The number of anilines is 1. The van der Waals surface area contributed by atoms with E-state index in [1.165, 1.54) is 27.6 Å². The number of amides is 1. The van der Waals surface area contributed by atoms with E-state index in [1.807, 2.05) is 55.2 Å². The van der Waals surface area contributed by atoms with Gasteiger partial charge in [-0.1, -0.05) is 30.3 Å². The molecule has 1 amide bonds. The van der Waals surface area contributed by atoms with Gasteiger partial charge in [0.15, 0.2) is 11.2 Å². The highest BCUT2D eigenvalue weighted by Crippen LogP contribution is 2.30. The van der Waals surface area contributed by atoms with Gasteiger partial charge in [-0.15, -0.1) is 15.0 Å². The number of imidazole rings is 1. The lowest BCUT2D eigenvalue weighted by Crippen LogP contribution is -2.32. The number of nitrogens with zero attached hydrogens (tertiary/aromatic N) is 7. The van der Waals surface area contributed by atoms with Crippen molar-refractivity contribution in [3.05, 3.63) is 147 Å². The third-order valence-electron chi connectivity index (χ3n) is 9.36. The van der Waals surface area contributed by atoms with E-state index in [0.717, 1.165) is 55.0 Å². The number of fused-ring (bicyclic) bond motifs is 2. The molecule has 0 saturated carbocycles. The molecule has 1 aliphatic rings. The van der Waals surface area contributed by atoms with Crippen molar-refractivity contribution in [2.24, 2.45) is 0 Å². The van der Waals surface area contributed by atoms with E-state index in [1.54, 1.807) is 30.5 Å². The summed E-state index contributed by atoms with van der Waals surface area (Å²) < 4.78 is 7.81. The molecule has 50 heavy (non-hydrogen) atoms. The number of carbonyl (C=O) groups is 1. The molecule has 0 saturated heterocycles. The average molecular weight is 663 g/mol. The predicted octanol–water partition coefficient (Wildman–Crippen LogP) is 6.09. The second-order valence-corrected chi connectivity index (χ2v) is 12.7. The van der Waals surface area contributed by atoms with Crippen LogP contribution in [0.5, 0.6) is 0 Å². The van der Waals surface area contributed by atoms with E-state index >= 15 is 0 Å². The first-order valence-electron chi connectivity index (χ1n) is 16.6. The zero-order chi connectivity index (χ0) is 34.2. The van der Waals surface area contributed by atoms with Crippen molar-refractivity contribution in [3.63, 3.8) is 0 Å². The van der Waals surface area contributed by atoms with E-state index in [9.17, 15) is 9.59 Å². The minimum Gasteiger partial charge on any atom is -0.451 e. The Balaban J connectivity index is 0.946. The summed E-state index contributed by atoms with van der Waals surface area (Å²) in [6, 6.07) is 26.7. The van der Waals surface area contributed by atoms with Crippen LogP contribution in [0.15, 0.2) is 113 Å². The first kappa shape index (κ1) is 31.1. The highest BCUT2D eigenvalue weighted by molar-refractivity contribution is 6.05. The number of aryl methyl sites for hydroxylation is 2. The lowest BCUT2D eigenvalue weighted by Gasteiger charge is -2.29. The molecule has 11 heteroatoms. The number of tetrazole rings is 1. The van der Waals surface area contributed by atoms with Gasteiger partial charge < -0.3 is 14.3 Å². The molecule has 0 unspecified atom stereocenters. The Morgan fingerprint density at radius 1 is 0.920 bits per heavy atom. The molecular formula is C39H34N8O3. The van der Waals surface area contributed by atoms with Crippen molar-refractivity contribution in [1.29, 1.82) is 0 Å². The number of nitrogens with one attached hydrogen (secondary N) is 1. The Labute approximate surface area is 287 Å². The van der Waals surface area contributed by atoms with Crippen molar-refractivity contribution in [3.8, 4) is 22.8 Å². The van der Waals surface area contributed by atoms with Crippen LogP contribution in [0.25, 0.3) is 33.7 Å². The van der Waals surface area contributed by atoms with Crippen molar-refractivity contribution in [1.82, 2.24) is 34.7 Å². The topological polar surface area (TPSA) is 124 Å². The molecule has 11 nitrogen and oxygen atoms in total. The van der Waals surface area contributed by atoms with Crippen molar-refractivity contribution in [2.75, 3.05) is 18.4 Å². The molecule has 3 aromatic heterocycles. The largest absolute Gasteiger partial charge is 0.451 e. The van der Waals surface area contributed by atoms with Gasteiger partial charge in [0.25, 0.3) is 5.91 Å². The van der Waals surface area contributed by atoms with Gasteiger partial charge in [-0.3, -0.25) is 14.5 Å². The molecule has 7 aromatic rings. The minimum absolute atomic E-state index is 0.0834. The van der Waals surface area contributed by atoms with Gasteiger partial charge in [0, 0.05) is 49.3 Å². The smallest absolute Gasteiger partial charge is 0.291 e. The molecule has 0 radical (unpaired) electrons. The van der Waals surface area contributed by atoms with Gasteiger partial charge in [0.1, 0.15) is 5.58 Å². The summed E-state index contributed by atoms with van der Waals surface area (Å²) in [7, 11) is 0. The lowest BCUT2D eigenvalue weighted by atomic mass is 9.98. The molecule has 8 rings (SSSR count). The summed E-state index contributed by atoms with van der Waals surface area (Å²) in [6.07, 6.45) is 7.57. The van der Waals surface area contributed by atoms with Crippen molar-refractivity contribution < 1.29 is 9.21 Å². The molecule has 0 atom stereocenters. The van der Waals surface area contributed by atoms with Gasteiger partial charge in [0.05, 0.1) is 23.1 Å². The average Bonchev–Trinajstić information content (AvgIpc) is 3.86. The maximum absolute atomic E-state index is 13.3. The summed E-state index contributed by atoms with van der Waals surface area (Å²) in [4.78, 5) is 34.1. The predicted molar refractivity (Wildman–Crippen MR) is 191 cm³/mol. The molecule has 0 fully saturated rings. The van der Waals surface area contributed by atoms with Gasteiger partial charge in [0.2, 0.25) is 5.82 Å². The zero-order valence-corrected chi connectivity index (χ0v) is 27.7. The van der Waals surface area contributed by atoms with Gasteiger partial charge in [-0.25, -0.2) is 4.98 Å². The standard InChI is InChI=1S/C39H34N8O3/c1-25-19-33(34(20-26(25)2)41-39(49)37-22-35(48)32-5-3-4-6-36(32)50-37)38-42-44-47(43-38)30-10-7-27(8-11-30)13-16-45-17-14-28-21-31(12-9-29(28)23-45)46-18-15-40-24-46/h3-12,15,18-22,24H,13-14,16-17,23H2,1-2H3,(H,41,49). The maximum atomic E-state index is 13.3. The molecule has 4 aromatic carbocycles. The van der Waals surface area contributed by atoms with E-state index < -0.39 is 5.91 Å². The first-order chi connectivity index (χ1) is 24.4. The summed E-state index contributed by atoms with van der Waals surface area (Å²) >= 11 is 0. The number of aromatic nitrogens is 6. The molecular weight excluding hydrogens is 628 g/mol. The number of benzene rings is 4. The molecule has 248 valence electrons. The van der Waals surface area contributed by atoms with Crippen LogP contribution in [-0.2, 0) is 19.4 Å². The molecule has 0 spiro atoms. The SMILES string of the molecule is Cc1cc(NC(=O)c2cc(=O)c3ccccc3o2)c(-c2nnn(-c3ccc(CCN4CCc5cc(-n6ccnc6)ccc5C4)cc3)n2)cc1C. The zero-order valence-electron chi connectivity index (χ0n) is 27.7. The third-order valence-corrected chi connectivity index (χ3v) is 9.36. The fourth-order valence-electron chi connectivity index (χ4n) is 6.38. The second kappa shape index (κ2) is 13.0. The number of hydrogen-bond donors (Lipinski definition) is 1. The highest BCUT2D eigenvalue weighted by Gasteiger charge is 2.20. The Kier molecular flexibility index (Phi) is 8.09. The number of hydrogen-bond acceptors (Lipinski definition) is 8.